The minimum Gasteiger partial charge on any atom is -0.497 e. The summed E-state index contributed by atoms with van der Waals surface area (Å²) < 4.78 is 5.13. The lowest BCUT2D eigenvalue weighted by molar-refractivity contribution is -0.130. The first kappa shape index (κ1) is 15.2. The molecule has 1 aliphatic heterocycles. The van der Waals surface area contributed by atoms with Crippen molar-refractivity contribution in [2.75, 3.05) is 26.0 Å². The van der Waals surface area contributed by atoms with Gasteiger partial charge in [-0.1, -0.05) is 19.1 Å². The number of rotatable bonds is 5. The SMILES string of the molecule is COc1ccc(CSCC(=O)N2CCC[C@@H](C)C2)cc1. The molecule has 1 fully saturated rings. The first-order valence-electron chi connectivity index (χ1n) is 7.17. The molecule has 0 spiro atoms. The molecule has 0 unspecified atom stereocenters. The Bertz CT molecular complexity index is 433. The molecule has 1 aromatic carbocycles. The summed E-state index contributed by atoms with van der Waals surface area (Å²) in [4.78, 5) is 14.1. The molecule has 0 N–H and O–H groups in total. The molecule has 1 aliphatic rings. The molecular weight excluding hydrogens is 270 g/mol. The van der Waals surface area contributed by atoms with Crippen molar-refractivity contribution in [2.45, 2.75) is 25.5 Å². The van der Waals surface area contributed by atoms with Gasteiger partial charge in [0.1, 0.15) is 5.75 Å². The molecule has 1 atom stereocenters. The van der Waals surface area contributed by atoms with Crippen molar-refractivity contribution < 1.29 is 9.53 Å². The molecule has 0 radical (unpaired) electrons. The Morgan fingerprint density at radius 1 is 1.40 bits per heavy atom. The minimum atomic E-state index is 0.287. The van der Waals surface area contributed by atoms with Crippen LogP contribution in [0.2, 0.25) is 0 Å². The number of methoxy groups -OCH3 is 1. The highest BCUT2D eigenvalue weighted by molar-refractivity contribution is 7.99. The molecule has 1 saturated heterocycles. The number of benzene rings is 1. The molecule has 2 rings (SSSR count). The molecule has 0 saturated carbocycles. The Morgan fingerprint density at radius 3 is 2.80 bits per heavy atom. The van der Waals surface area contributed by atoms with Gasteiger partial charge in [0.25, 0.3) is 0 Å². The molecule has 1 amide bonds. The van der Waals surface area contributed by atoms with Crippen molar-refractivity contribution in [3.05, 3.63) is 29.8 Å². The average molecular weight is 293 g/mol. The Balaban J connectivity index is 1.73. The van der Waals surface area contributed by atoms with E-state index in [1.165, 1.54) is 12.0 Å². The van der Waals surface area contributed by atoms with E-state index < -0.39 is 0 Å². The fraction of sp³-hybridized carbons (Fsp3) is 0.562. The number of nitrogens with zero attached hydrogens (tertiary/aromatic N) is 1. The maximum absolute atomic E-state index is 12.1. The maximum atomic E-state index is 12.1. The number of carbonyl (C=O) groups is 1. The molecule has 20 heavy (non-hydrogen) atoms. The van der Waals surface area contributed by atoms with Crippen LogP contribution in [0.25, 0.3) is 0 Å². The molecule has 0 aliphatic carbocycles. The fourth-order valence-electron chi connectivity index (χ4n) is 2.49. The van der Waals surface area contributed by atoms with Gasteiger partial charge in [-0.25, -0.2) is 0 Å². The van der Waals surface area contributed by atoms with Gasteiger partial charge in [-0.3, -0.25) is 4.79 Å². The summed E-state index contributed by atoms with van der Waals surface area (Å²) in [6.45, 7) is 4.10. The van der Waals surface area contributed by atoms with Gasteiger partial charge in [-0.15, -0.1) is 11.8 Å². The normalized spacial score (nSPS) is 18.9. The van der Waals surface area contributed by atoms with Gasteiger partial charge in [0, 0.05) is 18.8 Å². The van der Waals surface area contributed by atoms with Gasteiger partial charge < -0.3 is 9.64 Å². The van der Waals surface area contributed by atoms with Crippen LogP contribution in [-0.2, 0) is 10.5 Å². The maximum Gasteiger partial charge on any atom is 0.232 e. The van der Waals surface area contributed by atoms with Crippen molar-refractivity contribution in [2.24, 2.45) is 5.92 Å². The third-order valence-electron chi connectivity index (χ3n) is 3.66. The summed E-state index contributed by atoms with van der Waals surface area (Å²) in [5, 5.41) is 0. The Labute approximate surface area is 125 Å². The van der Waals surface area contributed by atoms with Crippen LogP contribution >= 0.6 is 11.8 Å². The van der Waals surface area contributed by atoms with E-state index in [0.717, 1.165) is 31.0 Å². The van der Waals surface area contributed by atoms with E-state index in [2.05, 4.69) is 19.1 Å². The average Bonchev–Trinajstić information content (AvgIpc) is 2.48. The number of thioether (sulfide) groups is 1. The van der Waals surface area contributed by atoms with Gasteiger partial charge in [0.05, 0.1) is 12.9 Å². The summed E-state index contributed by atoms with van der Waals surface area (Å²) in [6, 6.07) is 8.03. The van der Waals surface area contributed by atoms with E-state index in [4.69, 9.17) is 4.74 Å². The van der Waals surface area contributed by atoms with Gasteiger partial charge in [-0.2, -0.15) is 0 Å². The van der Waals surface area contributed by atoms with Crippen LogP contribution in [0.3, 0.4) is 0 Å². The van der Waals surface area contributed by atoms with E-state index >= 15 is 0 Å². The largest absolute Gasteiger partial charge is 0.497 e. The highest BCUT2D eigenvalue weighted by Crippen LogP contribution is 2.19. The predicted molar refractivity (Wildman–Crippen MR) is 84.1 cm³/mol. The van der Waals surface area contributed by atoms with Crippen molar-refractivity contribution in [3.8, 4) is 5.75 Å². The van der Waals surface area contributed by atoms with Crippen molar-refractivity contribution >= 4 is 17.7 Å². The number of ether oxygens (including phenoxy) is 1. The van der Waals surface area contributed by atoms with Crippen molar-refractivity contribution in [3.63, 3.8) is 0 Å². The number of hydrogen-bond donors (Lipinski definition) is 0. The molecule has 0 aromatic heterocycles. The summed E-state index contributed by atoms with van der Waals surface area (Å²) in [5.41, 5.74) is 1.23. The first-order chi connectivity index (χ1) is 9.69. The third-order valence-corrected chi connectivity index (χ3v) is 4.65. The smallest absolute Gasteiger partial charge is 0.232 e. The van der Waals surface area contributed by atoms with Gasteiger partial charge in [0.2, 0.25) is 5.91 Å². The molecule has 0 bridgehead atoms. The summed E-state index contributed by atoms with van der Waals surface area (Å²) >= 11 is 1.69. The second-order valence-electron chi connectivity index (χ2n) is 5.43. The summed E-state index contributed by atoms with van der Waals surface area (Å²) in [6.07, 6.45) is 2.40. The highest BCUT2D eigenvalue weighted by Gasteiger charge is 2.20. The van der Waals surface area contributed by atoms with E-state index in [9.17, 15) is 4.79 Å². The van der Waals surface area contributed by atoms with Crippen molar-refractivity contribution in [1.82, 2.24) is 4.90 Å². The quantitative estimate of drug-likeness (QED) is 0.835. The monoisotopic (exact) mass is 293 g/mol. The predicted octanol–water partition coefficient (Wildman–Crippen LogP) is 3.19. The number of hydrogen-bond acceptors (Lipinski definition) is 3. The zero-order valence-corrected chi connectivity index (χ0v) is 13.1. The van der Waals surface area contributed by atoms with Crippen molar-refractivity contribution in [1.29, 1.82) is 0 Å². The lowest BCUT2D eigenvalue weighted by Gasteiger charge is -2.30. The number of amides is 1. The minimum absolute atomic E-state index is 0.287. The fourth-order valence-corrected chi connectivity index (χ4v) is 3.37. The number of carbonyl (C=O) groups excluding carboxylic acids is 1. The van der Waals surface area contributed by atoms with Crippen LogP contribution in [0.5, 0.6) is 5.75 Å². The van der Waals surface area contributed by atoms with Crippen LogP contribution < -0.4 is 4.74 Å². The summed E-state index contributed by atoms with van der Waals surface area (Å²) in [7, 11) is 1.67. The third kappa shape index (κ3) is 4.44. The summed E-state index contributed by atoms with van der Waals surface area (Å²) in [5.74, 6) is 3.27. The van der Waals surface area contributed by atoms with E-state index in [1.807, 2.05) is 17.0 Å². The molecule has 3 nitrogen and oxygen atoms in total. The van der Waals surface area contributed by atoms with Gasteiger partial charge >= 0.3 is 0 Å². The number of likely N-dealkylation sites (tertiary alicyclic amines) is 1. The lowest BCUT2D eigenvalue weighted by Crippen LogP contribution is -2.40. The lowest BCUT2D eigenvalue weighted by atomic mass is 10.0. The highest BCUT2D eigenvalue weighted by atomic mass is 32.2. The Hall–Kier alpha value is -1.16. The Morgan fingerprint density at radius 2 is 2.15 bits per heavy atom. The topological polar surface area (TPSA) is 29.5 Å². The molecule has 1 heterocycles. The Kier molecular flexibility index (Phi) is 5.77. The molecule has 1 aromatic rings. The second-order valence-corrected chi connectivity index (χ2v) is 6.41. The van der Waals surface area contributed by atoms with Gasteiger partial charge in [-0.05, 0) is 36.5 Å². The van der Waals surface area contributed by atoms with Gasteiger partial charge in [0.15, 0.2) is 0 Å². The van der Waals surface area contributed by atoms with Crippen LogP contribution in [-0.4, -0.2) is 36.8 Å². The molecule has 4 heteroatoms. The van der Waals surface area contributed by atoms with E-state index in [-0.39, 0.29) is 5.91 Å². The van der Waals surface area contributed by atoms with Crippen LogP contribution in [0.15, 0.2) is 24.3 Å². The first-order valence-corrected chi connectivity index (χ1v) is 8.33. The second kappa shape index (κ2) is 7.58. The van der Waals surface area contributed by atoms with Crippen LogP contribution in [0.1, 0.15) is 25.3 Å². The molecule has 110 valence electrons. The molecular formula is C16H23NO2S. The zero-order chi connectivity index (χ0) is 14.4. The van der Waals surface area contributed by atoms with E-state index in [1.54, 1.807) is 18.9 Å². The zero-order valence-electron chi connectivity index (χ0n) is 12.3. The standard InChI is InChI=1S/C16H23NO2S/c1-13-4-3-9-17(10-13)16(18)12-20-11-14-5-7-15(19-2)8-6-14/h5-8,13H,3-4,9-12H2,1-2H3/t13-/m1/s1. The number of piperidine rings is 1. The van der Waals surface area contributed by atoms with Crippen LogP contribution in [0.4, 0.5) is 0 Å². The van der Waals surface area contributed by atoms with Crippen LogP contribution in [0, 0.1) is 5.92 Å². The van der Waals surface area contributed by atoms with E-state index in [0.29, 0.717) is 11.7 Å².